The molecule has 0 bridgehead atoms. The zero-order chi connectivity index (χ0) is 13.8. The van der Waals surface area contributed by atoms with E-state index >= 15 is 0 Å². The van der Waals surface area contributed by atoms with Crippen LogP contribution in [-0.2, 0) is 4.79 Å². The summed E-state index contributed by atoms with van der Waals surface area (Å²) in [7, 11) is 0. The summed E-state index contributed by atoms with van der Waals surface area (Å²) in [6.07, 6.45) is 0. The van der Waals surface area contributed by atoms with Gasteiger partial charge in [-0.3, -0.25) is 10.1 Å². The molecule has 19 heavy (non-hydrogen) atoms. The minimum Gasteiger partial charge on any atom is -0.369 e. The van der Waals surface area contributed by atoms with Gasteiger partial charge in [0.1, 0.15) is 5.88 Å². The summed E-state index contributed by atoms with van der Waals surface area (Å²) in [5.74, 6) is -0.502. The van der Waals surface area contributed by atoms with Crippen LogP contribution in [0.5, 0.6) is 0 Å². The second kappa shape index (κ2) is 5.62. The lowest BCUT2D eigenvalue weighted by Crippen LogP contribution is -2.37. The van der Waals surface area contributed by atoms with E-state index in [9.17, 15) is 4.79 Å². The Bertz CT molecular complexity index is 656. The van der Waals surface area contributed by atoms with Gasteiger partial charge in [-0.1, -0.05) is 18.2 Å². The van der Waals surface area contributed by atoms with E-state index in [4.69, 9.17) is 17.3 Å². The highest BCUT2D eigenvalue weighted by atomic mass is 35.5. The number of nitrogens with one attached hydrogen (secondary N) is 1. The molecular weight excluding hydrogens is 266 g/mol. The van der Waals surface area contributed by atoms with Crippen LogP contribution >= 0.6 is 11.6 Å². The number of guanidine groups is 1. The van der Waals surface area contributed by atoms with Crippen LogP contribution in [0.15, 0.2) is 29.3 Å². The van der Waals surface area contributed by atoms with Gasteiger partial charge in [0, 0.05) is 5.39 Å². The van der Waals surface area contributed by atoms with Gasteiger partial charge in [-0.05, 0) is 13.0 Å². The number of amides is 1. The third-order valence-corrected chi connectivity index (χ3v) is 2.63. The maximum atomic E-state index is 11.0. The highest BCUT2D eigenvalue weighted by Gasteiger charge is 2.05. The summed E-state index contributed by atoms with van der Waals surface area (Å²) in [5.41, 5.74) is 7.12. The molecule has 7 heteroatoms. The average Bonchev–Trinajstić information content (AvgIpc) is 2.38. The third kappa shape index (κ3) is 3.17. The van der Waals surface area contributed by atoms with E-state index in [1.54, 1.807) is 0 Å². The molecule has 1 aromatic carbocycles. The first-order chi connectivity index (χ1) is 9.10. The van der Waals surface area contributed by atoms with Crippen molar-refractivity contribution in [1.82, 2.24) is 15.3 Å². The summed E-state index contributed by atoms with van der Waals surface area (Å²) in [6.45, 7) is 1.86. The van der Waals surface area contributed by atoms with Crippen molar-refractivity contribution in [3.05, 3.63) is 30.0 Å². The van der Waals surface area contributed by atoms with Gasteiger partial charge in [-0.2, -0.15) is 4.99 Å². The van der Waals surface area contributed by atoms with E-state index in [0.29, 0.717) is 0 Å². The second-order valence-corrected chi connectivity index (χ2v) is 4.07. The number of rotatable bonds is 2. The molecule has 0 aliphatic rings. The molecule has 0 saturated carbocycles. The Hall–Kier alpha value is -2.21. The van der Waals surface area contributed by atoms with Crippen LogP contribution in [0.3, 0.4) is 0 Å². The van der Waals surface area contributed by atoms with Gasteiger partial charge >= 0.3 is 0 Å². The van der Waals surface area contributed by atoms with Crippen LogP contribution in [0, 0.1) is 6.92 Å². The number of aromatic nitrogens is 2. The highest BCUT2D eigenvalue weighted by Crippen LogP contribution is 2.17. The smallest absolute Gasteiger partial charge is 0.253 e. The molecule has 1 aromatic heterocycles. The molecule has 0 aliphatic carbocycles. The Kier molecular flexibility index (Phi) is 3.91. The predicted octanol–water partition coefficient (Wildman–Crippen LogP) is 1.24. The number of alkyl halides is 1. The van der Waals surface area contributed by atoms with Crippen LogP contribution in [-0.4, -0.2) is 27.7 Å². The second-order valence-electron chi connectivity index (χ2n) is 3.81. The van der Waals surface area contributed by atoms with Crippen molar-refractivity contribution in [3.8, 4) is 0 Å². The van der Waals surface area contributed by atoms with Crippen molar-refractivity contribution in [1.29, 1.82) is 0 Å². The van der Waals surface area contributed by atoms with E-state index < -0.39 is 5.91 Å². The predicted molar refractivity (Wildman–Crippen MR) is 74.4 cm³/mol. The zero-order valence-corrected chi connectivity index (χ0v) is 11.0. The standard InChI is InChI=1S/C12H12ClN5O/c1-7-8-4-2-3-5-9(8)16-12(15-7)18-11(14)17-10(19)6-13/h2-5H,6H2,1H3,(H3,14,15,16,17,18,19). The van der Waals surface area contributed by atoms with Gasteiger partial charge in [-0.25, -0.2) is 9.97 Å². The number of benzene rings is 1. The molecule has 0 atom stereocenters. The van der Waals surface area contributed by atoms with E-state index in [1.165, 1.54) is 0 Å². The van der Waals surface area contributed by atoms with Gasteiger partial charge in [0.05, 0.1) is 11.2 Å². The lowest BCUT2D eigenvalue weighted by molar-refractivity contribution is -0.117. The summed E-state index contributed by atoms with van der Waals surface area (Å²) >= 11 is 5.35. The number of aliphatic imine (C=N–C) groups is 1. The molecule has 0 spiro atoms. The van der Waals surface area contributed by atoms with Crippen LogP contribution in [0.1, 0.15) is 5.69 Å². The van der Waals surface area contributed by atoms with Gasteiger partial charge in [0.25, 0.3) is 5.95 Å². The van der Waals surface area contributed by atoms with E-state index in [1.807, 2.05) is 31.2 Å². The Morgan fingerprint density at radius 1 is 1.42 bits per heavy atom. The summed E-state index contributed by atoms with van der Waals surface area (Å²) in [4.78, 5) is 23.4. The summed E-state index contributed by atoms with van der Waals surface area (Å²) in [5, 5.41) is 3.27. The zero-order valence-electron chi connectivity index (χ0n) is 10.2. The van der Waals surface area contributed by atoms with Crippen molar-refractivity contribution < 1.29 is 4.79 Å². The third-order valence-electron chi connectivity index (χ3n) is 2.39. The molecule has 98 valence electrons. The van der Waals surface area contributed by atoms with Gasteiger partial charge in [-0.15, -0.1) is 11.6 Å². The first kappa shape index (κ1) is 13.2. The van der Waals surface area contributed by atoms with Gasteiger partial charge < -0.3 is 5.73 Å². The Morgan fingerprint density at radius 3 is 2.89 bits per heavy atom. The van der Waals surface area contributed by atoms with Crippen LogP contribution in [0.2, 0.25) is 0 Å². The molecule has 2 aromatic rings. The Labute approximate surface area is 114 Å². The molecular formula is C12H12ClN5O. The van der Waals surface area contributed by atoms with Crippen molar-refractivity contribution >= 4 is 40.3 Å². The first-order valence-corrected chi connectivity index (χ1v) is 6.07. The maximum absolute atomic E-state index is 11.0. The number of para-hydroxylation sites is 1. The maximum Gasteiger partial charge on any atom is 0.253 e. The Morgan fingerprint density at radius 2 is 2.16 bits per heavy atom. The number of hydrogen-bond acceptors (Lipinski definition) is 4. The Balaban J connectivity index is 2.35. The number of halogens is 1. The molecule has 0 fully saturated rings. The number of nitrogens with two attached hydrogens (primary N) is 1. The number of fused-ring (bicyclic) bond motifs is 1. The molecule has 2 rings (SSSR count). The van der Waals surface area contributed by atoms with Crippen LogP contribution in [0.4, 0.5) is 5.95 Å². The number of aryl methyl sites for hydroxylation is 1. The van der Waals surface area contributed by atoms with Crippen molar-refractivity contribution in [2.24, 2.45) is 10.7 Å². The molecule has 1 heterocycles. The number of hydrogen-bond donors (Lipinski definition) is 2. The molecule has 0 radical (unpaired) electrons. The quantitative estimate of drug-likeness (QED) is 0.491. The summed E-state index contributed by atoms with van der Waals surface area (Å²) < 4.78 is 0. The molecule has 0 saturated heterocycles. The normalized spacial score (nSPS) is 11.6. The summed E-state index contributed by atoms with van der Waals surface area (Å²) in [6, 6.07) is 7.57. The minimum absolute atomic E-state index is 0.0830. The van der Waals surface area contributed by atoms with Gasteiger partial charge in [0.15, 0.2) is 0 Å². The fourth-order valence-electron chi connectivity index (χ4n) is 1.58. The molecule has 1 amide bonds. The van der Waals surface area contributed by atoms with Crippen molar-refractivity contribution in [2.45, 2.75) is 6.92 Å². The SMILES string of the molecule is Cc1nc(N=C(N)NC(=O)CCl)nc2ccccc12. The van der Waals surface area contributed by atoms with E-state index in [2.05, 4.69) is 20.3 Å². The minimum atomic E-state index is -0.430. The fraction of sp³-hybridized carbons (Fsp3) is 0.167. The van der Waals surface area contributed by atoms with E-state index in [-0.39, 0.29) is 17.8 Å². The van der Waals surface area contributed by atoms with Gasteiger partial charge in [0.2, 0.25) is 11.9 Å². The monoisotopic (exact) mass is 277 g/mol. The average molecular weight is 278 g/mol. The molecule has 6 nitrogen and oxygen atoms in total. The van der Waals surface area contributed by atoms with Crippen LogP contribution < -0.4 is 11.1 Å². The molecule has 3 N–H and O–H groups in total. The lowest BCUT2D eigenvalue weighted by Gasteiger charge is -2.04. The fourth-order valence-corrected chi connectivity index (χ4v) is 1.65. The molecule has 0 aliphatic heterocycles. The van der Waals surface area contributed by atoms with Crippen molar-refractivity contribution in [3.63, 3.8) is 0 Å². The first-order valence-electron chi connectivity index (χ1n) is 5.53. The number of carbonyl (C=O) groups is 1. The lowest BCUT2D eigenvalue weighted by atomic mass is 10.2. The van der Waals surface area contributed by atoms with E-state index in [0.717, 1.165) is 16.6 Å². The van der Waals surface area contributed by atoms with Crippen LogP contribution in [0.25, 0.3) is 10.9 Å². The molecule has 0 unspecified atom stereocenters. The van der Waals surface area contributed by atoms with Crippen molar-refractivity contribution in [2.75, 3.05) is 5.88 Å². The largest absolute Gasteiger partial charge is 0.369 e. The highest BCUT2D eigenvalue weighted by molar-refractivity contribution is 6.28. The topological polar surface area (TPSA) is 93.3 Å². The number of nitrogens with zero attached hydrogens (tertiary/aromatic N) is 3. The number of carbonyl (C=O) groups excluding carboxylic acids is 1.